The SMILES string of the molecule is CCn1ncc(OC)c1C(NC)c1ccc(C)c(Br)c1. The van der Waals surface area contributed by atoms with Gasteiger partial charge in [-0.15, -0.1) is 0 Å². The predicted octanol–water partition coefficient (Wildman–Crippen LogP) is 3.29. The highest BCUT2D eigenvalue weighted by molar-refractivity contribution is 9.10. The van der Waals surface area contributed by atoms with Crippen LogP contribution in [0.15, 0.2) is 28.9 Å². The van der Waals surface area contributed by atoms with E-state index in [4.69, 9.17) is 4.74 Å². The van der Waals surface area contributed by atoms with E-state index in [1.165, 1.54) is 11.1 Å². The molecule has 2 aromatic rings. The van der Waals surface area contributed by atoms with Crippen molar-refractivity contribution in [2.45, 2.75) is 26.4 Å². The third-order valence-electron chi connectivity index (χ3n) is 3.46. The third kappa shape index (κ3) is 2.74. The monoisotopic (exact) mass is 337 g/mol. The third-order valence-corrected chi connectivity index (χ3v) is 4.31. The summed E-state index contributed by atoms with van der Waals surface area (Å²) in [5.41, 5.74) is 3.45. The number of benzene rings is 1. The minimum Gasteiger partial charge on any atom is -0.493 e. The minimum absolute atomic E-state index is 0.0456. The van der Waals surface area contributed by atoms with E-state index in [1.54, 1.807) is 13.3 Å². The van der Waals surface area contributed by atoms with Crippen molar-refractivity contribution in [1.82, 2.24) is 15.1 Å². The molecule has 2 rings (SSSR count). The van der Waals surface area contributed by atoms with Gasteiger partial charge in [0, 0.05) is 11.0 Å². The number of nitrogens with one attached hydrogen (secondary N) is 1. The molecule has 1 aromatic heterocycles. The normalized spacial score (nSPS) is 12.4. The highest BCUT2D eigenvalue weighted by Gasteiger charge is 2.22. The zero-order chi connectivity index (χ0) is 14.7. The van der Waals surface area contributed by atoms with E-state index in [0.29, 0.717) is 0 Å². The molecule has 0 spiro atoms. The molecule has 0 radical (unpaired) electrons. The number of hydrogen-bond donors (Lipinski definition) is 1. The Morgan fingerprint density at radius 2 is 2.20 bits per heavy atom. The van der Waals surface area contributed by atoms with Gasteiger partial charge in [0.05, 0.1) is 19.3 Å². The van der Waals surface area contributed by atoms with Gasteiger partial charge in [-0.25, -0.2) is 0 Å². The summed E-state index contributed by atoms with van der Waals surface area (Å²) in [6, 6.07) is 6.43. The molecule has 0 amide bonds. The Morgan fingerprint density at radius 3 is 2.75 bits per heavy atom. The van der Waals surface area contributed by atoms with Crippen molar-refractivity contribution in [1.29, 1.82) is 0 Å². The topological polar surface area (TPSA) is 39.1 Å². The quantitative estimate of drug-likeness (QED) is 0.909. The number of rotatable bonds is 5. The highest BCUT2D eigenvalue weighted by atomic mass is 79.9. The smallest absolute Gasteiger partial charge is 0.161 e. The number of halogens is 1. The predicted molar refractivity (Wildman–Crippen MR) is 84.2 cm³/mol. The number of aromatic nitrogens is 2. The van der Waals surface area contributed by atoms with Crippen LogP contribution in [0, 0.1) is 6.92 Å². The van der Waals surface area contributed by atoms with E-state index < -0.39 is 0 Å². The number of ether oxygens (including phenoxy) is 1. The summed E-state index contributed by atoms with van der Waals surface area (Å²) < 4.78 is 8.53. The van der Waals surface area contributed by atoms with E-state index in [-0.39, 0.29) is 6.04 Å². The highest BCUT2D eigenvalue weighted by Crippen LogP contribution is 2.31. The largest absolute Gasteiger partial charge is 0.493 e. The summed E-state index contributed by atoms with van der Waals surface area (Å²) in [4.78, 5) is 0. The molecule has 0 fully saturated rings. The summed E-state index contributed by atoms with van der Waals surface area (Å²) in [7, 11) is 3.63. The van der Waals surface area contributed by atoms with E-state index in [2.05, 4.69) is 58.4 Å². The lowest BCUT2D eigenvalue weighted by Crippen LogP contribution is -2.22. The summed E-state index contributed by atoms with van der Waals surface area (Å²) in [5.74, 6) is 0.808. The van der Waals surface area contributed by atoms with E-state index in [0.717, 1.165) is 22.5 Å². The average molecular weight is 338 g/mol. The van der Waals surface area contributed by atoms with Crippen LogP contribution in [0.1, 0.15) is 29.8 Å². The van der Waals surface area contributed by atoms with Gasteiger partial charge in [-0.3, -0.25) is 4.68 Å². The Morgan fingerprint density at radius 1 is 1.45 bits per heavy atom. The van der Waals surface area contributed by atoms with Crippen LogP contribution >= 0.6 is 15.9 Å². The maximum Gasteiger partial charge on any atom is 0.161 e. The summed E-state index contributed by atoms with van der Waals surface area (Å²) in [6.07, 6.45) is 1.77. The van der Waals surface area contributed by atoms with E-state index >= 15 is 0 Å². The summed E-state index contributed by atoms with van der Waals surface area (Å²) >= 11 is 3.60. The van der Waals surface area contributed by atoms with Crippen LogP contribution in [-0.4, -0.2) is 23.9 Å². The van der Waals surface area contributed by atoms with Gasteiger partial charge >= 0.3 is 0 Å². The molecule has 108 valence electrons. The second kappa shape index (κ2) is 6.41. The zero-order valence-corrected chi connectivity index (χ0v) is 13.9. The van der Waals surface area contributed by atoms with Gasteiger partial charge in [0.25, 0.3) is 0 Å². The Labute approximate surface area is 128 Å². The van der Waals surface area contributed by atoms with Crippen molar-refractivity contribution in [3.63, 3.8) is 0 Å². The van der Waals surface area contributed by atoms with E-state index in [1.807, 2.05) is 11.7 Å². The Kier molecular flexibility index (Phi) is 4.83. The number of nitrogens with zero attached hydrogens (tertiary/aromatic N) is 2. The average Bonchev–Trinajstić information content (AvgIpc) is 2.86. The first kappa shape index (κ1) is 15.1. The Hall–Kier alpha value is -1.33. The number of methoxy groups -OCH3 is 1. The summed E-state index contributed by atoms with van der Waals surface area (Å²) in [6.45, 7) is 4.97. The molecule has 1 heterocycles. The maximum atomic E-state index is 5.45. The van der Waals surface area contributed by atoms with Crippen molar-refractivity contribution in [3.8, 4) is 5.75 Å². The Balaban J connectivity index is 2.51. The van der Waals surface area contributed by atoms with Crippen molar-refractivity contribution in [2.75, 3.05) is 14.2 Å². The van der Waals surface area contributed by atoms with Crippen LogP contribution < -0.4 is 10.1 Å². The molecule has 20 heavy (non-hydrogen) atoms. The molecule has 0 aliphatic carbocycles. The van der Waals surface area contributed by atoms with Crippen molar-refractivity contribution in [2.24, 2.45) is 0 Å². The first-order valence-corrected chi connectivity index (χ1v) is 7.44. The van der Waals surface area contributed by atoms with Crippen LogP contribution in [-0.2, 0) is 6.54 Å². The van der Waals surface area contributed by atoms with Crippen molar-refractivity contribution < 1.29 is 4.74 Å². The number of hydrogen-bond acceptors (Lipinski definition) is 3. The van der Waals surface area contributed by atoms with Gasteiger partial charge in [-0.2, -0.15) is 5.10 Å². The molecule has 0 aliphatic rings. The van der Waals surface area contributed by atoms with Gasteiger partial charge in [-0.1, -0.05) is 28.1 Å². The molecule has 1 atom stereocenters. The van der Waals surface area contributed by atoms with Crippen LogP contribution in [0.25, 0.3) is 0 Å². The van der Waals surface area contributed by atoms with Crippen LogP contribution in [0.3, 0.4) is 0 Å². The maximum absolute atomic E-state index is 5.45. The molecule has 1 N–H and O–H groups in total. The molecule has 0 bridgehead atoms. The number of aryl methyl sites for hydroxylation is 2. The molecular weight excluding hydrogens is 318 g/mol. The van der Waals surface area contributed by atoms with Crippen molar-refractivity contribution >= 4 is 15.9 Å². The first-order valence-electron chi connectivity index (χ1n) is 6.65. The van der Waals surface area contributed by atoms with Crippen LogP contribution in [0.5, 0.6) is 5.75 Å². The fourth-order valence-electron chi connectivity index (χ4n) is 2.33. The lowest BCUT2D eigenvalue weighted by Gasteiger charge is -2.20. The zero-order valence-electron chi connectivity index (χ0n) is 12.3. The fourth-order valence-corrected chi connectivity index (χ4v) is 2.72. The minimum atomic E-state index is 0.0456. The molecular formula is C15H20BrN3O. The van der Waals surface area contributed by atoms with Gasteiger partial charge < -0.3 is 10.1 Å². The van der Waals surface area contributed by atoms with Crippen LogP contribution in [0.2, 0.25) is 0 Å². The Bertz CT molecular complexity index is 573. The lowest BCUT2D eigenvalue weighted by atomic mass is 10.0. The molecule has 1 aromatic carbocycles. The lowest BCUT2D eigenvalue weighted by molar-refractivity contribution is 0.401. The molecule has 0 saturated carbocycles. The van der Waals surface area contributed by atoms with Gasteiger partial charge in [0.1, 0.15) is 5.69 Å². The molecule has 5 heteroatoms. The summed E-state index contributed by atoms with van der Waals surface area (Å²) in [5, 5.41) is 7.73. The van der Waals surface area contributed by atoms with Crippen molar-refractivity contribution in [3.05, 3.63) is 45.7 Å². The van der Waals surface area contributed by atoms with E-state index in [9.17, 15) is 0 Å². The molecule has 4 nitrogen and oxygen atoms in total. The van der Waals surface area contributed by atoms with Gasteiger partial charge in [-0.05, 0) is 38.1 Å². The van der Waals surface area contributed by atoms with Crippen LogP contribution in [0.4, 0.5) is 0 Å². The second-order valence-electron chi connectivity index (χ2n) is 4.64. The first-order chi connectivity index (χ1) is 9.62. The molecule has 0 saturated heterocycles. The molecule has 0 aliphatic heterocycles. The molecule has 1 unspecified atom stereocenters. The fraction of sp³-hybridized carbons (Fsp3) is 0.400. The van der Waals surface area contributed by atoms with Gasteiger partial charge in [0.15, 0.2) is 5.75 Å². The standard InChI is InChI=1S/C15H20BrN3O/c1-5-19-15(13(20-4)9-18-19)14(17-3)11-7-6-10(2)12(16)8-11/h6-9,14,17H,5H2,1-4H3. The second-order valence-corrected chi connectivity index (χ2v) is 5.50. The van der Waals surface area contributed by atoms with Gasteiger partial charge in [0.2, 0.25) is 0 Å².